The SMILES string of the molecule is CC/C=C\C/C=C\C/C=C\C/C=C\C=C\C(O)CCCC(=O)OC[C@H](COP(=O)(O)O[C@H]1C(O)C(O)C(O)[C@@H](OP(=O)(O)O)C1O)OC(=O)CCCCC/C=C\C/C=C\C/C=C\C/C=C\C/C=C\CC. The Morgan fingerprint density at radius 1 is 0.529 bits per heavy atom. The van der Waals surface area contributed by atoms with Crippen molar-refractivity contribution in [2.75, 3.05) is 13.2 Å². The number of carbonyl (C=O) groups excluding carboxylic acids is 2. The smallest absolute Gasteiger partial charge is 0.462 e. The summed E-state index contributed by atoms with van der Waals surface area (Å²) in [7, 11) is -10.8. The molecule has 0 aromatic heterocycles. The van der Waals surface area contributed by atoms with E-state index in [1.807, 2.05) is 18.2 Å². The van der Waals surface area contributed by atoms with Gasteiger partial charge in [0.15, 0.2) is 6.10 Å². The summed E-state index contributed by atoms with van der Waals surface area (Å²) in [5, 5.41) is 51.6. The zero-order chi connectivity index (χ0) is 51.9. The van der Waals surface area contributed by atoms with Crippen LogP contribution in [0.1, 0.15) is 123 Å². The fourth-order valence-corrected chi connectivity index (χ4v) is 7.97. The Kier molecular flexibility index (Phi) is 36.7. The zero-order valence-corrected chi connectivity index (χ0v) is 42.5. The maximum absolute atomic E-state index is 13.0. The minimum atomic E-state index is -5.40. The Balaban J connectivity index is 2.70. The average Bonchev–Trinajstić information content (AvgIpc) is 3.31. The molecule has 1 aliphatic carbocycles. The van der Waals surface area contributed by atoms with Gasteiger partial charge in [-0.2, -0.15) is 0 Å². The van der Waals surface area contributed by atoms with Crippen LogP contribution in [0.5, 0.6) is 0 Å². The van der Waals surface area contributed by atoms with Crippen molar-refractivity contribution in [2.24, 2.45) is 0 Å². The van der Waals surface area contributed by atoms with Crippen molar-refractivity contribution < 1.29 is 82.0 Å². The molecule has 0 spiro atoms. The van der Waals surface area contributed by atoms with Crippen LogP contribution in [0.15, 0.2) is 122 Å². The molecule has 396 valence electrons. The van der Waals surface area contributed by atoms with Gasteiger partial charge in [-0.15, -0.1) is 0 Å². The van der Waals surface area contributed by atoms with Crippen LogP contribution in [0.25, 0.3) is 0 Å². The molecule has 0 aromatic carbocycles. The van der Waals surface area contributed by atoms with Crippen molar-refractivity contribution in [3.63, 3.8) is 0 Å². The van der Waals surface area contributed by atoms with Crippen LogP contribution < -0.4 is 0 Å². The molecule has 17 nitrogen and oxygen atoms in total. The van der Waals surface area contributed by atoms with Crippen molar-refractivity contribution >= 4 is 27.6 Å². The third-order valence-corrected chi connectivity index (χ3v) is 11.6. The monoisotopic (exact) mass is 1030 g/mol. The Morgan fingerprint density at radius 3 is 1.51 bits per heavy atom. The second kappa shape index (κ2) is 39.9. The lowest BCUT2D eigenvalue weighted by Gasteiger charge is -2.43. The van der Waals surface area contributed by atoms with Crippen LogP contribution in [0.2, 0.25) is 0 Å². The lowest BCUT2D eigenvalue weighted by molar-refractivity contribution is -0.216. The number of phosphoric ester groups is 2. The molecule has 0 aromatic rings. The highest BCUT2D eigenvalue weighted by Gasteiger charge is 2.54. The van der Waals surface area contributed by atoms with Gasteiger partial charge in [-0.05, 0) is 89.9 Å². The second-order valence-electron chi connectivity index (χ2n) is 16.3. The molecule has 9 atom stereocenters. The van der Waals surface area contributed by atoms with Gasteiger partial charge < -0.3 is 49.7 Å². The van der Waals surface area contributed by atoms with Gasteiger partial charge in [0, 0.05) is 12.8 Å². The molecule has 0 aliphatic heterocycles. The molecule has 0 amide bonds. The van der Waals surface area contributed by atoms with Crippen LogP contribution >= 0.6 is 15.6 Å². The molecule has 0 bridgehead atoms. The van der Waals surface area contributed by atoms with Gasteiger partial charge in [0.25, 0.3) is 0 Å². The number of allylic oxidation sites excluding steroid dienone is 19. The Morgan fingerprint density at radius 2 is 1.00 bits per heavy atom. The van der Waals surface area contributed by atoms with E-state index in [-0.39, 0.29) is 25.7 Å². The first-order valence-corrected chi connectivity index (χ1v) is 27.2. The van der Waals surface area contributed by atoms with Gasteiger partial charge in [0.1, 0.15) is 43.2 Å². The summed E-state index contributed by atoms with van der Waals surface area (Å²) < 4.78 is 49.2. The molecule has 8 N–H and O–H groups in total. The highest BCUT2D eigenvalue weighted by atomic mass is 31.2. The predicted octanol–water partition coefficient (Wildman–Crippen LogP) is 8.47. The van der Waals surface area contributed by atoms with Gasteiger partial charge in [-0.1, -0.05) is 142 Å². The Hall–Kier alpha value is -3.64. The van der Waals surface area contributed by atoms with Crippen LogP contribution in [-0.2, 0) is 41.8 Å². The zero-order valence-electron chi connectivity index (χ0n) is 40.7. The number of aliphatic hydroxyl groups is 5. The van der Waals surface area contributed by atoms with Crippen LogP contribution in [-0.4, -0.2) is 114 Å². The van der Waals surface area contributed by atoms with Crippen molar-refractivity contribution in [2.45, 2.75) is 172 Å². The fourth-order valence-electron chi connectivity index (χ4n) is 6.43. The Bertz CT molecular complexity index is 1830. The molecule has 0 radical (unpaired) electrons. The molecule has 1 aliphatic rings. The fraction of sp³-hybridized carbons (Fsp3) is 0.569. The highest BCUT2D eigenvalue weighted by molar-refractivity contribution is 7.47. The van der Waals surface area contributed by atoms with Crippen molar-refractivity contribution in [3.05, 3.63) is 122 Å². The highest BCUT2D eigenvalue weighted by Crippen LogP contribution is 2.49. The number of hydrogen-bond acceptors (Lipinski definition) is 14. The maximum atomic E-state index is 13.0. The van der Waals surface area contributed by atoms with E-state index in [1.54, 1.807) is 12.2 Å². The Labute approximate surface area is 414 Å². The molecular formula is C51H80O17P2. The number of aliphatic hydroxyl groups excluding tert-OH is 5. The van der Waals surface area contributed by atoms with E-state index in [2.05, 4.69) is 110 Å². The predicted molar refractivity (Wildman–Crippen MR) is 270 cm³/mol. The van der Waals surface area contributed by atoms with E-state index in [0.29, 0.717) is 12.8 Å². The summed E-state index contributed by atoms with van der Waals surface area (Å²) in [5.41, 5.74) is 0. The van der Waals surface area contributed by atoms with E-state index in [0.717, 1.165) is 70.6 Å². The average molecular weight is 1030 g/mol. The standard InChI is InChI=1S/C51H80O17P2/c1-3-5-7-9-11-13-15-17-18-19-20-21-22-24-26-28-30-32-34-38-45(54)66-43(41-65-70(62,63)68-51-48(57)46(55)47(56)50(49(51)58)67-69(59,60)61)40-64-44(53)39-35-37-42(52)36-33-31-29-27-25-23-16-14-12-10-8-6-4-2/h5-8,11-14,17-18,20-21,23-26,29,31,33,36,42-43,46-52,55-58H,3-4,9-10,15-16,19,22,27-28,30,32,34-35,37-41H2,1-2H3,(H,62,63)(H2,59,60,61)/b7-5-,8-6-,13-11-,14-12-,18-17-,21-20-,25-23-,26-24-,31-29-,36-33+/t42?,43-,46?,47?,48?,49?,50-,51+/m1/s1. The normalized spacial score (nSPS) is 22.5. The third-order valence-electron chi connectivity index (χ3n) is 10.1. The first-order chi connectivity index (χ1) is 33.5. The number of esters is 2. The summed E-state index contributed by atoms with van der Waals surface area (Å²) in [6.07, 6.45) is 36.0. The summed E-state index contributed by atoms with van der Waals surface area (Å²) in [6.45, 7) is 2.67. The summed E-state index contributed by atoms with van der Waals surface area (Å²) in [4.78, 5) is 54.4. The van der Waals surface area contributed by atoms with Gasteiger partial charge in [-0.25, -0.2) is 9.13 Å². The van der Waals surface area contributed by atoms with E-state index >= 15 is 0 Å². The summed E-state index contributed by atoms with van der Waals surface area (Å²) in [6, 6.07) is 0. The van der Waals surface area contributed by atoms with Gasteiger partial charge in [0.2, 0.25) is 0 Å². The van der Waals surface area contributed by atoms with E-state index in [1.165, 1.54) is 0 Å². The number of rotatable bonds is 38. The molecule has 1 fully saturated rings. The third kappa shape index (κ3) is 33.9. The van der Waals surface area contributed by atoms with E-state index in [4.69, 9.17) is 18.5 Å². The molecule has 0 heterocycles. The molecule has 1 rings (SSSR count). The van der Waals surface area contributed by atoms with Crippen LogP contribution in [0.4, 0.5) is 0 Å². The van der Waals surface area contributed by atoms with Gasteiger partial charge in [-0.3, -0.25) is 23.2 Å². The number of carbonyl (C=O) groups is 2. The second-order valence-corrected chi connectivity index (χ2v) is 18.9. The van der Waals surface area contributed by atoms with Crippen LogP contribution in [0.3, 0.4) is 0 Å². The molecule has 19 heteroatoms. The van der Waals surface area contributed by atoms with E-state index in [9.17, 15) is 58.9 Å². The minimum absolute atomic E-state index is 0.0443. The minimum Gasteiger partial charge on any atom is -0.462 e. The largest absolute Gasteiger partial charge is 0.472 e. The molecule has 0 saturated heterocycles. The molecular weight excluding hydrogens is 946 g/mol. The topological polar surface area (TPSA) is 276 Å². The quantitative estimate of drug-likeness (QED) is 0.00946. The number of hydrogen-bond donors (Lipinski definition) is 8. The van der Waals surface area contributed by atoms with Gasteiger partial charge in [0.05, 0.1) is 12.7 Å². The summed E-state index contributed by atoms with van der Waals surface area (Å²) >= 11 is 0. The van der Waals surface area contributed by atoms with Crippen molar-refractivity contribution in [3.8, 4) is 0 Å². The summed E-state index contributed by atoms with van der Waals surface area (Å²) in [5.74, 6) is -1.46. The van der Waals surface area contributed by atoms with Crippen molar-refractivity contribution in [1.82, 2.24) is 0 Å². The first kappa shape index (κ1) is 64.4. The first-order valence-electron chi connectivity index (χ1n) is 24.2. The molecule has 6 unspecified atom stereocenters. The number of ether oxygens (including phenoxy) is 2. The number of unbranched alkanes of at least 4 members (excludes halogenated alkanes) is 3. The maximum Gasteiger partial charge on any atom is 0.472 e. The van der Waals surface area contributed by atoms with Crippen LogP contribution in [0, 0.1) is 0 Å². The lowest BCUT2D eigenvalue weighted by Crippen LogP contribution is -2.64. The van der Waals surface area contributed by atoms with E-state index < -0.39 is 89.6 Å². The molecule has 1 saturated carbocycles. The lowest BCUT2D eigenvalue weighted by atomic mass is 9.85. The van der Waals surface area contributed by atoms with Gasteiger partial charge >= 0.3 is 27.6 Å². The van der Waals surface area contributed by atoms with Crippen molar-refractivity contribution in [1.29, 1.82) is 0 Å². The number of phosphoric acid groups is 2. The molecule has 70 heavy (non-hydrogen) atoms.